The van der Waals surface area contributed by atoms with E-state index in [0.29, 0.717) is 11.7 Å². The Bertz CT molecular complexity index is 746. The number of hydrogen-bond acceptors (Lipinski definition) is 4. The van der Waals surface area contributed by atoms with Crippen LogP contribution in [0.4, 0.5) is 5.82 Å². The van der Waals surface area contributed by atoms with Crippen molar-refractivity contribution in [3.63, 3.8) is 0 Å². The maximum Gasteiger partial charge on any atom is 0.225 e. The van der Waals surface area contributed by atoms with Gasteiger partial charge in [0.1, 0.15) is 4.60 Å². The Balaban J connectivity index is 1.83. The average molecular weight is 380 g/mol. The molecule has 7 heteroatoms. The van der Waals surface area contributed by atoms with Crippen molar-refractivity contribution >= 4 is 38.6 Å². The minimum absolute atomic E-state index is 0.0626. The van der Waals surface area contributed by atoms with Crippen molar-refractivity contribution in [1.82, 2.24) is 19.7 Å². The molecule has 2 N–H and O–H groups in total. The van der Waals surface area contributed by atoms with Gasteiger partial charge >= 0.3 is 0 Å². The van der Waals surface area contributed by atoms with Crippen LogP contribution in [0.1, 0.15) is 38.3 Å². The van der Waals surface area contributed by atoms with Gasteiger partial charge in [-0.2, -0.15) is 5.10 Å². The van der Waals surface area contributed by atoms with E-state index in [2.05, 4.69) is 32.1 Å². The number of carbonyl (C=O) groups is 1. The number of pyridine rings is 1. The monoisotopic (exact) mass is 379 g/mol. The van der Waals surface area contributed by atoms with E-state index in [0.717, 1.165) is 47.1 Å². The van der Waals surface area contributed by atoms with E-state index in [1.165, 1.54) is 0 Å². The predicted molar refractivity (Wildman–Crippen MR) is 94.0 cm³/mol. The molecule has 1 aliphatic rings. The number of nitrogen functional groups attached to an aromatic ring is 1. The summed E-state index contributed by atoms with van der Waals surface area (Å²) in [6.45, 7) is 5.50. The lowest BCUT2D eigenvalue weighted by Crippen LogP contribution is -2.40. The molecule has 0 aromatic carbocycles. The first kappa shape index (κ1) is 16.2. The van der Waals surface area contributed by atoms with Crippen molar-refractivity contribution < 1.29 is 4.79 Å². The molecule has 0 unspecified atom stereocenters. The van der Waals surface area contributed by atoms with Crippen molar-refractivity contribution in [2.75, 3.05) is 18.8 Å². The molecule has 2 aromatic heterocycles. The molecule has 1 fully saturated rings. The first-order valence-electron chi connectivity index (χ1n) is 7.96. The zero-order chi connectivity index (χ0) is 16.7. The number of aromatic nitrogens is 3. The second-order valence-corrected chi connectivity index (χ2v) is 7.25. The first-order valence-corrected chi connectivity index (χ1v) is 8.75. The summed E-state index contributed by atoms with van der Waals surface area (Å²) >= 11 is 3.52. The van der Waals surface area contributed by atoms with Gasteiger partial charge in [0.25, 0.3) is 0 Å². The average Bonchev–Trinajstić information content (AvgIpc) is 2.81. The number of aryl methyl sites for hydroxylation is 1. The number of likely N-dealkylation sites (tertiary alicyclic amines) is 1. The van der Waals surface area contributed by atoms with E-state index in [-0.39, 0.29) is 11.8 Å². The second-order valence-electron chi connectivity index (χ2n) is 6.50. The van der Waals surface area contributed by atoms with Crippen LogP contribution >= 0.6 is 15.9 Å². The fourth-order valence-corrected chi connectivity index (χ4v) is 3.86. The number of hydrogen-bond donors (Lipinski definition) is 1. The van der Waals surface area contributed by atoms with E-state index in [1.807, 2.05) is 25.8 Å². The second kappa shape index (κ2) is 6.11. The summed E-state index contributed by atoms with van der Waals surface area (Å²) in [6.07, 6.45) is 1.88. The van der Waals surface area contributed by atoms with Crippen LogP contribution in [0.2, 0.25) is 0 Å². The summed E-state index contributed by atoms with van der Waals surface area (Å²) in [5, 5.41) is 5.13. The molecule has 0 saturated carbocycles. The molecule has 1 aliphatic heterocycles. The summed E-state index contributed by atoms with van der Waals surface area (Å²) in [5.74, 6) is 1.16. The van der Waals surface area contributed by atoms with Gasteiger partial charge in [-0.3, -0.25) is 9.48 Å². The highest BCUT2D eigenvalue weighted by Gasteiger charge is 2.26. The van der Waals surface area contributed by atoms with E-state index < -0.39 is 0 Å². The van der Waals surface area contributed by atoms with Crippen LogP contribution in [0.5, 0.6) is 0 Å². The molecule has 1 saturated heterocycles. The van der Waals surface area contributed by atoms with E-state index in [9.17, 15) is 4.79 Å². The van der Waals surface area contributed by atoms with Crippen LogP contribution in [0.3, 0.4) is 0 Å². The molecule has 2 aromatic rings. The molecule has 23 heavy (non-hydrogen) atoms. The van der Waals surface area contributed by atoms with Gasteiger partial charge in [0.2, 0.25) is 5.91 Å². The molecule has 0 radical (unpaired) electrons. The van der Waals surface area contributed by atoms with Crippen molar-refractivity contribution in [2.24, 2.45) is 13.0 Å². The first-order chi connectivity index (χ1) is 10.9. The van der Waals surface area contributed by atoms with Gasteiger partial charge in [0.15, 0.2) is 5.82 Å². The Hall–Kier alpha value is -1.63. The molecular weight excluding hydrogens is 358 g/mol. The molecular formula is C16H22BrN5O. The molecule has 0 bridgehead atoms. The number of carbonyl (C=O) groups excluding carboxylic acids is 1. The normalized spacial score (nSPS) is 16.5. The van der Waals surface area contributed by atoms with Crippen LogP contribution in [0.25, 0.3) is 10.9 Å². The maximum absolute atomic E-state index is 12.1. The third kappa shape index (κ3) is 2.94. The number of amides is 1. The molecule has 3 heterocycles. The Morgan fingerprint density at radius 1 is 1.39 bits per heavy atom. The molecule has 6 nitrogen and oxygen atoms in total. The lowest BCUT2D eigenvalue weighted by atomic mass is 9.92. The summed E-state index contributed by atoms with van der Waals surface area (Å²) < 4.78 is 2.54. The van der Waals surface area contributed by atoms with Gasteiger partial charge in [-0.1, -0.05) is 13.8 Å². The number of fused-ring (bicyclic) bond motifs is 1. The minimum atomic E-state index is 0.0626. The maximum atomic E-state index is 12.1. The molecule has 1 amide bonds. The van der Waals surface area contributed by atoms with Crippen LogP contribution in [-0.4, -0.2) is 38.7 Å². The molecule has 3 rings (SSSR count). The standard InChI is InChI=1S/C16H22BrN5O/c1-9(2)16(23)22-6-4-10(5-7-22)11-8-12-13(14(17)19-11)15(18)20-21(12)3/h8-10H,4-7H2,1-3H3,(H2,18,20). The number of rotatable bonds is 2. The van der Waals surface area contributed by atoms with Crippen molar-refractivity contribution in [3.05, 3.63) is 16.4 Å². The fourth-order valence-electron chi connectivity index (χ4n) is 3.25. The predicted octanol–water partition coefficient (Wildman–Crippen LogP) is 2.68. The van der Waals surface area contributed by atoms with Gasteiger partial charge in [0.05, 0.1) is 10.9 Å². The van der Waals surface area contributed by atoms with Gasteiger partial charge in [-0.15, -0.1) is 0 Å². The molecule has 0 atom stereocenters. The minimum Gasteiger partial charge on any atom is -0.382 e. The third-order valence-corrected chi connectivity index (χ3v) is 5.13. The van der Waals surface area contributed by atoms with Crippen LogP contribution < -0.4 is 5.73 Å². The zero-order valence-electron chi connectivity index (χ0n) is 13.7. The lowest BCUT2D eigenvalue weighted by molar-refractivity contribution is -0.135. The van der Waals surface area contributed by atoms with Gasteiger partial charge < -0.3 is 10.6 Å². The van der Waals surface area contributed by atoms with Crippen molar-refractivity contribution in [3.8, 4) is 0 Å². The van der Waals surface area contributed by atoms with E-state index >= 15 is 0 Å². The molecule has 0 aliphatic carbocycles. The topological polar surface area (TPSA) is 77.0 Å². The Kier molecular flexibility index (Phi) is 4.31. The van der Waals surface area contributed by atoms with E-state index in [4.69, 9.17) is 5.73 Å². The van der Waals surface area contributed by atoms with Gasteiger partial charge in [0, 0.05) is 37.7 Å². The number of nitrogens with two attached hydrogens (primary N) is 1. The number of anilines is 1. The number of halogens is 1. The van der Waals surface area contributed by atoms with Crippen LogP contribution in [0.15, 0.2) is 10.7 Å². The van der Waals surface area contributed by atoms with Gasteiger partial charge in [-0.25, -0.2) is 4.98 Å². The molecule has 124 valence electrons. The highest BCUT2D eigenvalue weighted by atomic mass is 79.9. The van der Waals surface area contributed by atoms with Crippen LogP contribution in [0, 0.1) is 5.92 Å². The largest absolute Gasteiger partial charge is 0.382 e. The van der Waals surface area contributed by atoms with Gasteiger partial charge in [-0.05, 0) is 34.8 Å². The summed E-state index contributed by atoms with van der Waals surface area (Å²) in [7, 11) is 1.89. The smallest absolute Gasteiger partial charge is 0.225 e. The molecule has 0 spiro atoms. The third-order valence-electron chi connectivity index (χ3n) is 4.56. The fraction of sp³-hybridized carbons (Fsp3) is 0.562. The highest BCUT2D eigenvalue weighted by molar-refractivity contribution is 9.10. The van der Waals surface area contributed by atoms with E-state index in [1.54, 1.807) is 4.68 Å². The van der Waals surface area contributed by atoms with Crippen LogP contribution in [-0.2, 0) is 11.8 Å². The Labute approximate surface area is 144 Å². The number of piperidine rings is 1. The Morgan fingerprint density at radius 3 is 2.65 bits per heavy atom. The van der Waals surface area contributed by atoms with Crippen molar-refractivity contribution in [2.45, 2.75) is 32.6 Å². The summed E-state index contributed by atoms with van der Waals surface area (Å²) in [4.78, 5) is 18.7. The zero-order valence-corrected chi connectivity index (χ0v) is 15.3. The summed E-state index contributed by atoms with van der Waals surface area (Å²) in [5.41, 5.74) is 7.97. The Morgan fingerprint density at radius 2 is 2.04 bits per heavy atom. The lowest BCUT2D eigenvalue weighted by Gasteiger charge is -2.33. The SMILES string of the molecule is CC(C)C(=O)N1CCC(c2cc3c(c(N)nn3C)c(Br)n2)CC1. The highest BCUT2D eigenvalue weighted by Crippen LogP contribution is 2.33. The van der Waals surface area contributed by atoms with Crippen molar-refractivity contribution in [1.29, 1.82) is 0 Å². The summed E-state index contributed by atoms with van der Waals surface area (Å²) in [6, 6.07) is 2.08. The number of nitrogens with zero attached hydrogens (tertiary/aromatic N) is 4. The quantitative estimate of drug-likeness (QED) is 0.813.